The van der Waals surface area contributed by atoms with Crippen molar-refractivity contribution in [1.29, 1.82) is 0 Å². The summed E-state index contributed by atoms with van der Waals surface area (Å²) in [4.78, 5) is 14.9. The zero-order chi connectivity index (χ0) is 14.7. The summed E-state index contributed by atoms with van der Waals surface area (Å²) in [6, 6.07) is 14.7. The molecule has 0 aliphatic rings. The molecule has 0 fully saturated rings. The maximum Gasteiger partial charge on any atom is 0.254 e. The van der Waals surface area contributed by atoms with Crippen LogP contribution in [0.1, 0.15) is 28.9 Å². The van der Waals surface area contributed by atoms with Gasteiger partial charge in [-0.15, -0.1) is 12.6 Å². The van der Waals surface area contributed by atoms with Gasteiger partial charge >= 0.3 is 0 Å². The fraction of sp³-hybridized carbons (Fsp3) is 0.188. The van der Waals surface area contributed by atoms with Crippen molar-refractivity contribution in [2.75, 3.05) is 7.05 Å². The Kier molecular flexibility index (Phi) is 4.73. The van der Waals surface area contributed by atoms with E-state index in [2.05, 4.69) is 12.6 Å². The van der Waals surface area contributed by atoms with Crippen LogP contribution in [0.25, 0.3) is 0 Å². The van der Waals surface area contributed by atoms with Gasteiger partial charge in [0, 0.05) is 22.5 Å². The van der Waals surface area contributed by atoms with Crippen LogP contribution in [-0.2, 0) is 0 Å². The summed E-state index contributed by atoms with van der Waals surface area (Å²) >= 11 is 10.5. The molecule has 0 aromatic heterocycles. The molecule has 0 spiro atoms. The molecule has 1 atom stereocenters. The van der Waals surface area contributed by atoms with Gasteiger partial charge in [-0.2, -0.15) is 0 Å². The molecule has 20 heavy (non-hydrogen) atoms. The third-order valence-electron chi connectivity index (χ3n) is 3.35. The van der Waals surface area contributed by atoms with E-state index in [1.54, 1.807) is 24.1 Å². The molecular weight excluding hydrogens is 290 g/mol. The van der Waals surface area contributed by atoms with Crippen LogP contribution >= 0.6 is 24.2 Å². The molecule has 1 unspecified atom stereocenters. The molecule has 0 aliphatic heterocycles. The number of nitrogens with zero attached hydrogens (tertiary/aromatic N) is 1. The summed E-state index contributed by atoms with van der Waals surface area (Å²) in [6.07, 6.45) is 0. The number of carbonyl (C=O) groups excluding carboxylic acids is 1. The molecule has 0 N–H and O–H groups in total. The Labute approximate surface area is 129 Å². The van der Waals surface area contributed by atoms with E-state index in [1.807, 2.05) is 43.3 Å². The van der Waals surface area contributed by atoms with Gasteiger partial charge in [0.05, 0.1) is 6.04 Å². The normalized spacial score (nSPS) is 12.0. The lowest BCUT2D eigenvalue weighted by molar-refractivity contribution is 0.0742. The summed E-state index contributed by atoms with van der Waals surface area (Å²) in [5.41, 5.74) is 1.56. The lowest BCUT2D eigenvalue weighted by Crippen LogP contribution is -2.29. The van der Waals surface area contributed by atoms with Gasteiger partial charge in [-0.05, 0) is 36.8 Å². The topological polar surface area (TPSA) is 20.3 Å². The third kappa shape index (κ3) is 3.17. The second-order valence-electron chi connectivity index (χ2n) is 4.66. The Balaban J connectivity index is 2.25. The minimum absolute atomic E-state index is 0.0479. The molecule has 0 aliphatic carbocycles. The first-order valence-corrected chi connectivity index (χ1v) is 7.14. The van der Waals surface area contributed by atoms with Crippen molar-refractivity contribution in [3.05, 3.63) is 64.7 Å². The number of hydrogen-bond acceptors (Lipinski definition) is 2. The number of halogens is 1. The van der Waals surface area contributed by atoms with Crippen molar-refractivity contribution in [2.45, 2.75) is 17.9 Å². The first-order valence-electron chi connectivity index (χ1n) is 6.31. The number of carbonyl (C=O) groups is 1. The van der Waals surface area contributed by atoms with Crippen molar-refractivity contribution in [2.24, 2.45) is 0 Å². The number of benzene rings is 2. The number of hydrogen-bond donors (Lipinski definition) is 1. The summed E-state index contributed by atoms with van der Waals surface area (Å²) in [5, 5.41) is 0.669. The number of rotatable bonds is 3. The molecule has 0 saturated heterocycles. The minimum atomic E-state index is -0.0974. The molecule has 2 nitrogen and oxygen atoms in total. The molecule has 0 bridgehead atoms. The Hall–Kier alpha value is -1.45. The first-order chi connectivity index (χ1) is 9.50. The average Bonchev–Trinajstić information content (AvgIpc) is 2.45. The number of amides is 1. The SMILES string of the molecule is CC(c1ccccc1Cl)N(C)C(=O)c1cccc(S)c1. The molecule has 0 heterocycles. The van der Waals surface area contributed by atoms with Crippen LogP contribution < -0.4 is 0 Å². The summed E-state index contributed by atoms with van der Waals surface area (Å²) in [7, 11) is 1.78. The second-order valence-corrected chi connectivity index (χ2v) is 5.59. The maximum absolute atomic E-state index is 12.5. The molecule has 0 radical (unpaired) electrons. The third-order valence-corrected chi connectivity index (χ3v) is 3.97. The lowest BCUT2D eigenvalue weighted by atomic mass is 10.1. The van der Waals surface area contributed by atoms with Crippen LogP contribution in [0.5, 0.6) is 0 Å². The van der Waals surface area contributed by atoms with E-state index in [9.17, 15) is 4.79 Å². The highest BCUT2D eigenvalue weighted by molar-refractivity contribution is 7.80. The van der Waals surface area contributed by atoms with Gasteiger partial charge in [-0.3, -0.25) is 4.79 Å². The molecule has 2 aromatic rings. The predicted molar refractivity (Wildman–Crippen MR) is 85.7 cm³/mol. The zero-order valence-electron chi connectivity index (χ0n) is 11.4. The lowest BCUT2D eigenvalue weighted by Gasteiger charge is -2.26. The molecule has 2 aromatic carbocycles. The highest BCUT2D eigenvalue weighted by Crippen LogP contribution is 2.27. The smallest absolute Gasteiger partial charge is 0.254 e. The van der Waals surface area contributed by atoms with E-state index in [0.717, 1.165) is 10.5 Å². The van der Waals surface area contributed by atoms with Crippen LogP contribution in [0.4, 0.5) is 0 Å². The monoisotopic (exact) mass is 305 g/mol. The summed E-state index contributed by atoms with van der Waals surface area (Å²) in [5.74, 6) is -0.0479. The van der Waals surface area contributed by atoms with Crippen molar-refractivity contribution in [1.82, 2.24) is 4.90 Å². The van der Waals surface area contributed by atoms with Gasteiger partial charge < -0.3 is 4.90 Å². The van der Waals surface area contributed by atoms with E-state index in [-0.39, 0.29) is 11.9 Å². The van der Waals surface area contributed by atoms with E-state index in [0.29, 0.717) is 10.6 Å². The molecule has 104 valence electrons. The van der Waals surface area contributed by atoms with Crippen LogP contribution in [0.15, 0.2) is 53.4 Å². The molecule has 4 heteroatoms. The highest BCUT2D eigenvalue weighted by atomic mass is 35.5. The molecular formula is C16H16ClNOS. The average molecular weight is 306 g/mol. The quantitative estimate of drug-likeness (QED) is 0.830. The Morgan fingerprint density at radius 2 is 1.90 bits per heavy atom. The van der Waals surface area contributed by atoms with Gasteiger partial charge in [0.1, 0.15) is 0 Å². The molecule has 0 saturated carbocycles. The van der Waals surface area contributed by atoms with Crippen LogP contribution in [0.3, 0.4) is 0 Å². The van der Waals surface area contributed by atoms with Crippen molar-refractivity contribution < 1.29 is 4.79 Å². The number of thiol groups is 1. The van der Waals surface area contributed by atoms with Crippen molar-refractivity contribution in [3.63, 3.8) is 0 Å². The fourth-order valence-corrected chi connectivity index (χ4v) is 2.56. The van der Waals surface area contributed by atoms with Crippen molar-refractivity contribution >= 4 is 30.1 Å². The van der Waals surface area contributed by atoms with Crippen molar-refractivity contribution in [3.8, 4) is 0 Å². The molecule has 2 rings (SSSR count). The van der Waals surface area contributed by atoms with E-state index in [1.165, 1.54) is 0 Å². The van der Waals surface area contributed by atoms with Gasteiger partial charge in [-0.1, -0.05) is 35.9 Å². The first kappa shape index (κ1) is 14.9. The van der Waals surface area contributed by atoms with Crippen LogP contribution in [0.2, 0.25) is 5.02 Å². The van der Waals surface area contributed by atoms with E-state index < -0.39 is 0 Å². The Bertz CT molecular complexity index is 629. The fourth-order valence-electron chi connectivity index (χ4n) is 2.04. The standard InChI is InChI=1S/C16H16ClNOS/c1-11(14-8-3-4-9-15(14)17)18(2)16(19)12-6-5-7-13(20)10-12/h3-11,20H,1-2H3. The summed E-state index contributed by atoms with van der Waals surface area (Å²) < 4.78 is 0. The van der Waals surface area contributed by atoms with E-state index in [4.69, 9.17) is 11.6 Å². The van der Waals surface area contributed by atoms with Crippen LogP contribution in [0, 0.1) is 0 Å². The summed E-state index contributed by atoms with van der Waals surface area (Å²) in [6.45, 7) is 1.96. The maximum atomic E-state index is 12.5. The minimum Gasteiger partial charge on any atom is -0.335 e. The second kappa shape index (κ2) is 6.33. The van der Waals surface area contributed by atoms with Crippen LogP contribution in [-0.4, -0.2) is 17.9 Å². The molecule has 1 amide bonds. The highest BCUT2D eigenvalue weighted by Gasteiger charge is 2.20. The van der Waals surface area contributed by atoms with Gasteiger partial charge in [0.25, 0.3) is 5.91 Å². The van der Waals surface area contributed by atoms with Gasteiger partial charge in [-0.25, -0.2) is 0 Å². The Morgan fingerprint density at radius 1 is 1.20 bits per heavy atom. The zero-order valence-corrected chi connectivity index (χ0v) is 13.0. The van der Waals surface area contributed by atoms with Gasteiger partial charge in [0.2, 0.25) is 0 Å². The van der Waals surface area contributed by atoms with E-state index >= 15 is 0 Å². The van der Waals surface area contributed by atoms with Gasteiger partial charge in [0.15, 0.2) is 0 Å². The largest absolute Gasteiger partial charge is 0.335 e. The Morgan fingerprint density at radius 3 is 2.55 bits per heavy atom. The predicted octanol–water partition coefficient (Wildman–Crippen LogP) is 4.46.